The minimum absolute atomic E-state index is 0.0206. The Hall–Kier alpha value is -1.50. The monoisotopic (exact) mass is 372 g/mol. The molecule has 1 aliphatic rings. The zero-order valence-corrected chi connectivity index (χ0v) is 15.4. The maximum Gasteiger partial charge on any atom is 0.318 e. The standard InChI is InChI=1S/C16H22Cl2N4O2/c1-20(2)5-6-21-7-8-22(11-15(21)23)16(24)19-10-12-3-4-13(17)14(18)9-12/h3-4,9H,5-8,10-11H2,1-2H3,(H,19,24). The maximum atomic E-state index is 12.2. The van der Waals surface area contributed by atoms with Crippen molar-refractivity contribution in [2.75, 3.05) is 46.8 Å². The van der Waals surface area contributed by atoms with E-state index in [1.165, 1.54) is 4.90 Å². The zero-order chi connectivity index (χ0) is 17.7. The lowest BCUT2D eigenvalue weighted by Crippen LogP contribution is -2.55. The number of halogens is 2. The Bertz CT molecular complexity index is 610. The molecule has 1 aromatic carbocycles. The SMILES string of the molecule is CN(C)CCN1CCN(C(=O)NCc2ccc(Cl)c(Cl)c2)CC1=O. The number of hydrogen-bond donors (Lipinski definition) is 1. The minimum Gasteiger partial charge on any atom is -0.338 e. The number of carbonyl (C=O) groups is 2. The lowest BCUT2D eigenvalue weighted by atomic mass is 10.2. The smallest absolute Gasteiger partial charge is 0.318 e. The Kier molecular flexibility index (Phi) is 6.71. The topological polar surface area (TPSA) is 55.9 Å². The van der Waals surface area contributed by atoms with Crippen LogP contribution in [0, 0.1) is 0 Å². The van der Waals surface area contributed by atoms with E-state index in [2.05, 4.69) is 5.32 Å². The molecule has 1 aromatic rings. The lowest BCUT2D eigenvalue weighted by Gasteiger charge is -2.34. The molecule has 1 N–H and O–H groups in total. The van der Waals surface area contributed by atoms with Gasteiger partial charge in [0.2, 0.25) is 5.91 Å². The summed E-state index contributed by atoms with van der Waals surface area (Å²) in [5.41, 5.74) is 0.855. The summed E-state index contributed by atoms with van der Waals surface area (Å²) in [6, 6.07) is 4.97. The van der Waals surface area contributed by atoms with Crippen molar-refractivity contribution in [1.82, 2.24) is 20.0 Å². The van der Waals surface area contributed by atoms with Crippen LogP contribution in [0.2, 0.25) is 10.0 Å². The first-order valence-electron chi connectivity index (χ1n) is 7.76. The van der Waals surface area contributed by atoms with Crippen LogP contribution in [0.15, 0.2) is 18.2 Å². The summed E-state index contributed by atoms with van der Waals surface area (Å²) in [7, 11) is 3.94. The normalized spacial score (nSPS) is 15.1. The van der Waals surface area contributed by atoms with E-state index in [4.69, 9.17) is 23.2 Å². The van der Waals surface area contributed by atoms with Gasteiger partial charge < -0.3 is 20.0 Å². The van der Waals surface area contributed by atoms with Crippen LogP contribution in [0.4, 0.5) is 4.79 Å². The third kappa shape index (κ3) is 5.26. The number of hydrogen-bond acceptors (Lipinski definition) is 3. The molecule has 0 atom stereocenters. The molecule has 0 aromatic heterocycles. The van der Waals surface area contributed by atoms with Gasteiger partial charge in [-0.2, -0.15) is 0 Å². The van der Waals surface area contributed by atoms with Crippen molar-refractivity contribution in [3.05, 3.63) is 33.8 Å². The Morgan fingerprint density at radius 1 is 1.25 bits per heavy atom. The van der Waals surface area contributed by atoms with E-state index in [0.717, 1.165) is 12.1 Å². The highest BCUT2D eigenvalue weighted by Gasteiger charge is 2.26. The predicted octanol–water partition coefficient (Wildman–Crippen LogP) is 1.91. The van der Waals surface area contributed by atoms with E-state index in [0.29, 0.717) is 36.2 Å². The van der Waals surface area contributed by atoms with Gasteiger partial charge in [-0.15, -0.1) is 0 Å². The van der Waals surface area contributed by atoms with Gasteiger partial charge in [-0.25, -0.2) is 4.79 Å². The molecule has 1 aliphatic heterocycles. The molecule has 0 unspecified atom stereocenters. The minimum atomic E-state index is -0.248. The number of nitrogens with zero attached hydrogens (tertiary/aromatic N) is 3. The zero-order valence-electron chi connectivity index (χ0n) is 13.9. The van der Waals surface area contributed by atoms with Crippen molar-refractivity contribution in [3.63, 3.8) is 0 Å². The van der Waals surface area contributed by atoms with Crippen LogP contribution >= 0.6 is 23.2 Å². The Labute approximate surface area is 152 Å². The highest BCUT2D eigenvalue weighted by molar-refractivity contribution is 6.42. The molecule has 8 heteroatoms. The second-order valence-corrected chi connectivity index (χ2v) is 6.83. The molecular formula is C16H22Cl2N4O2. The summed E-state index contributed by atoms with van der Waals surface area (Å²) in [6.07, 6.45) is 0. The van der Waals surface area contributed by atoms with Crippen molar-refractivity contribution >= 4 is 35.1 Å². The summed E-state index contributed by atoms with van der Waals surface area (Å²) < 4.78 is 0. The van der Waals surface area contributed by atoms with Crippen molar-refractivity contribution in [3.8, 4) is 0 Å². The van der Waals surface area contributed by atoms with Crippen LogP contribution in [-0.4, -0.2) is 73.5 Å². The number of carbonyl (C=O) groups excluding carboxylic acids is 2. The Morgan fingerprint density at radius 3 is 2.62 bits per heavy atom. The van der Waals surface area contributed by atoms with Gasteiger partial charge in [0.25, 0.3) is 0 Å². The van der Waals surface area contributed by atoms with Crippen molar-refractivity contribution in [2.45, 2.75) is 6.54 Å². The van der Waals surface area contributed by atoms with E-state index in [1.807, 2.05) is 19.0 Å². The van der Waals surface area contributed by atoms with Gasteiger partial charge in [0.15, 0.2) is 0 Å². The number of rotatable bonds is 5. The summed E-state index contributed by atoms with van der Waals surface area (Å²) in [6.45, 7) is 3.05. The highest BCUT2D eigenvalue weighted by atomic mass is 35.5. The van der Waals surface area contributed by atoms with E-state index < -0.39 is 0 Å². The molecule has 1 heterocycles. The van der Waals surface area contributed by atoms with E-state index >= 15 is 0 Å². The number of amides is 3. The van der Waals surface area contributed by atoms with Crippen LogP contribution in [0.5, 0.6) is 0 Å². The first-order valence-corrected chi connectivity index (χ1v) is 8.51. The van der Waals surface area contributed by atoms with Crippen molar-refractivity contribution < 1.29 is 9.59 Å². The predicted molar refractivity (Wildman–Crippen MR) is 95.4 cm³/mol. The van der Waals surface area contributed by atoms with Gasteiger partial charge in [0.1, 0.15) is 6.54 Å². The van der Waals surface area contributed by atoms with Crippen LogP contribution in [0.3, 0.4) is 0 Å². The van der Waals surface area contributed by atoms with Gasteiger partial charge >= 0.3 is 6.03 Å². The molecule has 0 bridgehead atoms. The molecule has 2 rings (SSSR count). The average molecular weight is 373 g/mol. The molecule has 24 heavy (non-hydrogen) atoms. The second kappa shape index (κ2) is 8.55. The maximum absolute atomic E-state index is 12.2. The number of piperazine rings is 1. The fraction of sp³-hybridized carbons (Fsp3) is 0.500. The summed E-state index contributed by atoms with van der Waals surface area (Å²) in [4.78, 5) is 29.7. The molecule has 132 valence electrons. The number of urea groups is 1. The van der Waals surface area contributed by atoms with Gasteiger partial charge in [0, 0.05) is 32.7 Å². The summed E-state index contributed by atoms with van der Waals surface area (Å²) >= 11 is 11.8. The average Bonchev–Trinajstić information content (AvgIpc) is 2.54. The fourth-order valence-corrected chi connectivity index (χ4v) is 2.70. The molecule has 0 saturated carbocycles. The highest BCUT2D eigenvalue weighted by Crippen LogP contribution is 2.22. The van der Waals surface area contributed by atoms with Crippen molar-refractivity contribution in [2.24, 2.45) is 0 Å². The largest absolute Gasteiger partial charge is 0.338 e. The van der Waals surface area contributed by atoms with Crippen LogP contribution in [0.1, 0.15) is 5.56 Å². The van der Waals surface area contributed by atoms with E-state index in [-0.39, 0.29) is 18.5 Å². The molecule has 0 spiro atoms. The lowest BCUT2D eigenvalue weighted by molar-refractivity contribution is -0.134. The van der Waals surface area contributed by atoms with Crippen LogP contribution in [-0.2, 0) is 11.3 Å². The third-order valence-corrected chi connectivity index (χ3v) is 4.59. The second-order valence-electron chi connectivity index (χ2n) is 6.01. The molecule has 0 radical (unpaired) electrons. The first kappa shape index (κ1) is 18.8. The molecule has 6 nitrogen and oxygen atoms in total. The number of nitrogens with one attached hydrogen (secondary N) is 1. The molecule has 3 amide bonds. The number of likely N-dealkylation sites (N-methyl/N-ethyl adjacent to an activating group) is 1. The number of benzene rings is 1. The van der Waals surface area contributed by atoms with Gasteiger partial charge in [0.05, 0.1) is 10.0 Å². The van der Waals surface area contributed by atoms with E-state index in [9.17, 15) is 9.59 Å². The van der Waals surface area contributed by atoms with Gasteiger partial charge in [-0.1, -0.05) is 29.3 Å². The molecule has 0 aliphatic carbocycles. The fourth-order valence-electron chi connectivity index (χ4n) is 2.38. The summed E-state index contributed by atoms with van der Waals surface area (Å²) in [5, 5.41) is 3.74. The quantitative estimate of drug-likeness (QED) is 0.858. The van der Waals surface area contributed by atoms with Gasteiger partial charge in [-0.3, -0.25) is 4.79 Å². The molecule has 1 fully saturated rings. The molecule has 1 saturated heterocycles. The van der Waals surface area contributed by atoms with Crippen LogP contribution in [0.25, 0.3) is 0 Å². The van der Waals surface area contributed by atoms with Crippen molar-refractivity contribution in [1.29, 1.82) is 0 Å². The van der Waals surface area contributed by atoms with E-state index in [1.54, 1.807) is 23.1 Å². The molecular weight excluding hydrogens is 351 g/mol. The third-order valence-electron chi connectivity index (χ3n) is 3.85. The Morgan fingerprint density at radius 2 is 2.00 bits per heavy atom. The van der Waals surface area contributed by atoms with Gasteiger partial charge in [-0.05, 0) is 31.8 Å². The summed E-state index contributed by atoms with van der Waals surface area (Å²) in [5.74, 6) is -0.0206. The first-order chi connectivity index (χ1) is 11.4. The van der Waals surface area contributed by atoms with Crippen LogP contribution < -0.4 is 5.32 Å². The Balaban J connectivity index is 1.81.